The Kier molecular flexibility index (Phi) is 78.3. The van der Waals surface area contributed by atoms with Crippen molar-refractivity contribution >= 4 is 59.1 Å². The maximum absolute atomic E-state index is 11.1. The molecular weight excluding hydrogens is 1390 g/mol. The lowest BCUT2D eigenvalue weighted by Gasteiger charge is -2.31. The summed E-state index contributed by atoms with van der Waals surface area (Å²) in [6.45, 7) is 68.4. The number of carbonyl (C=O) groups excluding carboxylic acids is 10. The molecule has 624 valence electrons. The van der Waals surface area contributed by atoms with Crippen molar-refractivity contribution in [3.05, 3.63) is 127 Å². The molecule has 0 aromatic carbocycles. The van der Waals surface area contributed by atoms with E-state index in [0.29, 0.717) is 13.1 Å². The van der Waals surface area contributed by atoms with E-state index in [9.17, 15) is 47.9 Å². The summed E-state index contributed by atoms with van der Waals surface area (Å²) in [5, 5.41) is 32.5. The number of aliphatic hydroxyl groups excluding tert-OH is 1. The molecule has 27 nitrogen and oxygen atoms in total. The number of nitrogens with one attached hydrogen (secondary N) is 9. The zero-order valence-corrected chi connectivity index (χ0v) is 69.1. The van der Waals surface area contributed by atoms with Gasteiger partial charge in [0.2, 0.25) is 59.1 Å². The quantitative estimate of drug-likeness (QED) is 0.0195. The molecule has 1 unspecified atom stereocenters. The lowest BCUT2D eigenvalue weighted by atomic mass is 10.0. The molecule has 5 rings (SSSR count). The van der Waals surface area contributed by atoms with E-state index in [2.05, 4.69) is 152 Å². The third-order valence-corrected chi connectivity index (χ3v) is 16.5. The molecule has 0 aromatic heterocycles. The van der Waals surface area contributed by atoms with E-state index in [0.717, 1.165) is 130 Å². The fourth-order valence-corrected chi connectivity index (χ4v) is 9.80. The number of piperidine rings is 4. The minimum atomic E-state index is -0.791. The number of likely N-dealkylation sites (N-methyl/N-ethyl adjacent to an activating group) is 3. The first-order valence-electron chi connectivity index (χ1n) is 39.0. The van der Waals surface area contributed by atoms with Crippen LogP contribution in [0.2, 0.25) is 0 Å². The third kappa shape index (κ3) is 79.2. The highest BCUT2D eigenvalue weighted by atomic mass is 16.3. The van der Waals surface area contributed by atoms with Gasteiger partial charge < -0.3 is 87.3 Å². The minimum Gasteiger partial charge on any atom is -0.374 e. The van der Waals surface area contributed by atoms with Crippen LogP contribution in [-0.2, 0) is 47.9 Å². The highest BCUT2D eigenvalue weighted by molar-refractivity contribution is 5.90. The Morgan fingerprint density at radius 3 is 0.936 bits per heavy atom. The molecule has 109 heavy (non-hydrogen) atoms. The Bertz CT molecular complexity index is 2450. The topological polar surface area (TPSA) is 322 Å². The number of hydrogen-bond donors (Lipinski definition) is 10. The molecule has 27 heteroatoms. The van der Waals surface area contributed by atoms with E-state index < -0.39 is 6.23 Å². The number of piperazine rings is 1. The van der Waals surface area contributed by atoms with Gasteiger partial charge in [-0.1, -0.05) is 112 Å². The molecule has 5 saturated heterocycles. The van der Waals surface area contributed by atoms with Crippen LogP contribution in [-0.4, -0.2) is 288 Å². The first-order valence-corrected chi connectivity index (χ1v) is 39.0. The van der Waals surface area contributed by atoms with E-state index in [4.69, 9.17) is 5.11 Å². The number of aliphatic hydroxyl groups is 1. The number of nitrogens with zero attached hydrogens (tertiary/aromatic N) is 7. The smallest absolute Gasteiger partial charge is 0.246 e. The summed E-state index contributed by atoms with van der Waals surface area (Å²) in [5.41, 5.74) is -0.106. The van der Waals surface area contributed by atoms with Crippen LogP contribution in [0, 0.1) is 0 Å². The van der Waals surface area contributed by atoms with Gasteiger partial charge in [0.1, 0.15) is 6.23 Å². The van der Waals surface area contributed by atoms with Gasteiger partial charge in [0, 0.05) is 97.2 Å². The van der Waals surface area contributed by atoms with Gasteiger partial charge in [-0.15, -0.1) is 0 Å². The van der Waals surface area contributed by atoms with Crippen molar-refractivity contribution < 1.29 is 53.1 Å². The predicted molar refractivity (Wildman–Crippen MR) is 449 cm³/mol. The van der Waals surface area contributed by atoms with Crippen LogP contribution in [0.4, 0.5) is 0 Å². The molecule has 5 heterocycles. The van der Waals surface area contributed by atoms with E-state index in [1.54, 1.807) is 0 Å². The van der Waals surface area contributed by atoms with Gasteiger partial charge in [-0.05, 0) is 252 Å². The highest BCUT2D eigenvalue weighted by Crippen LogP contribution is 2.11. The van der Waals surface area contributed by atoms with E-state index in [1.807, 2.05) is 51.6 Å². The standard InChI is InChI=1S/2C11H20N2O.2C10H18N2O.C8H14N2O.C8H15NO.C7H14N2O.C7H13NO.C5H9NO2.C5H9NO/c2*1-2-11(14)12-7-6-10-13-8-4-3-5-9-13;2*1-2-10(13)11-6-9-12-7-4-3-5-8-12;1-3-8(11)10-6-4-9(2)5-7-10;1-5-7(10)9-8(3,4)6-2;1-4-7(10)8-5-6-9(2)3;1-3-5-6-8-7(9)4-2;1-3-5(8)6-4(2)7;1-3-5(7)6-4-2/h2*2H,1,3-10H2,(H,12,14);2*2H,1,3-9H2,(H,11,13);3H,1,4-7H2,2H3;5H,1,6H2,2-4H3,(H,9,10);4H,1,5-6H2,2-3H3,(H,8,10);4H,2-3,5-6H2,1H3,(H,8,9);3-4,7H,1H2,2H3,(H,6,8);3H,1,4H2,2H3,(H,6,7). The number of rotatable bonds is 34. The van der Waals surface area contributed by atoms with Crippen LogP contribution < -0.4 is 47.9 Å². The highest BCUT2D eigenvalue weighted by Gasteiger charge is 2.18. The summed E-state index contributed by atoms with van der Waals surface area (Å²) in [7, 11) is 5.98. The Morgan fingerprint density at radius 1 is 0.385 bits per heavy atom. The lowest BCUT2D eigenvalue weighted by Crippen LogP contribution is -2.46. The summed E-state index contributed by atoms with van der Waals surface area (Å²) < 4.78 is 0. The van der Waals surface area contributed by atoms with E-state index in [1.165, 1.54) is 191 Å². The van der Waals surface area contributed by atoms with E-state index >= 15 is 0 Å². The normalized spacial score (nSPS) is 14.8. The first-order chi connectivity index (χ1) is 52.0. The summed E-state index contributed by atoms with van der Waals surface area (Å²) in [6.07, 6.45) is 33.2. The molecule has 10 amide bonds. The molecule has 10 N–H and O–H groups in total. The number of hydrogen-bond acceptors (Lipinski definition) is 17. The second-order valence-electron chi connectivity index (χ2n) is 26.7. The van der Waals surface area contributed by atoms with Crippen LogP contribution in [0.3, 0.4) is 0 Å². The fraction of sp³-hybridized carbons (Fsp3) is 0.634. The minimum absolute atomic E-state index is 0.0538. The average Bonchev–Trinajstić information content (AvgIpc) is 0.941. The molecule has 5 aliphatic heterocycles. The monoisotopic (exact) mass is 1540 g/mol. The SMILES string of the molecule is C=CC(=O)N1CCN(C)CC1.C=CC(=O)NC(C)(C)CC.C=CC(=O)NC(C)O.C=CC(=O)NCC.C=CC(=O)NCCCC.C=CC(=O)NCCCN1CCCCC1.C=CC(=O)NCCCN1CCCCC1.C=CC(=O)NCCN(C)C.C=CC(=O)NCCN1CCCCC1.C=CC(=O)NCCN1CCCCC1. The van der Waals surface area contributed by atoms with Crippen molar-refractivity contribution in [2.24, 2.45) is 0 Å². The molecule has 0 bridgehead atoms. The molecule has 0 saturated carbocycles. The Hall–Kier alpha value is -8.18. The lowest BCUT2D eigenvalue weighted by molar-refractivity contribution is -0.127. The van der Waals surface area contributed by atoms with Crippen LogP contribution >= 0.6 is 0 Å². The molecule has 0 radical (unpaired) electrons. The van der Waals surface area contributed by atoms with Crippen molar-refractivity contribution in [1.29, 1.82) is 0 Å². The van der Waals surface area contributed by atoms with Gasteiger partial charge in [-0.3, -0.25) is 47.9 Å². The molecule has 0 aromatic rings. The second-order valence-corrected chi connectivity index (χ2v) is 26.7. The second kappa shape index (κ2) is 78.0. The summed E-state index contributed by atoms with van der Waals surface area (Å²) >= 11 is 0. The number of likely N-dealkylation sites (tertiary alicyclic amines) is 4. The predicted octanol–water partition coefficient (Wildman–Crippen LogP) is 6.18. The Morgan fingerprint density at radius 2 is 0.679 bits per heavy atom. The van der Waals surface area contributed by atoms with Crippen molar-refractivity contribution in [3.63, 3.8) is 0 Å². The number of carbonyl (C=O) groups is 10. The summed E-state index contributed by atoms with van der Waals surface area (Å²) in [5.74, 6) is -0.987. The molecule has 5 aliphatic rings. The Labute approximate surface area is 658 Å². The molecule has 1 atom stereocenters. The number of amides is 10. The molecule has 0 spiro atoms. The zero-order chi connectivity index (χ0) is 83.3. The van der Waals surface area contributed by atoms with Gasteiger partial charge in [0.25, 0.3) is 0 Å². The molecule has 0 aliphatic carbocycles. The van der Waals surface area contributed by atoms with Crippen LogP contribution in [0.25, 0.3) is 0 Å². The third-order valence-electron chi connectivity index (χ3n) is 16.5. The fourth-order valence-electron chi connectivity index (χ4n) is 9.80. The van der Waals surface area contributed by atoms with E-state index in [-0.39, 0.29) is 64.6 Å². The Balaban J connectivity index is -0.000000370. The van der Waals surface area contributed by atoms with Gasteiger partial charge in [0.05, 0.1) is 0 Å². The molecule has 5 fully saturated rings. The largest absolute Gasteiger partial charge is 0.374 e. The van der Waals surface area contributed by atoms with Crippen molar-refractivity contribution in [2.75, 3.05) is 178 Å². The van der Waals surface area contributed by atoms with Gasteiger partial charge in [-0.25, -0.2) is 0 Å². The van der Waals surface area contributed by atoms with Gasteiger partial charge in [-0.2, -0.15) is 0 Å². The van der Waals surface area contributed by atoms with Crippen LogP contribution in [0.1, 0.15) is 151 Å². The summed E-state index contributed by atoms with van der Waals surface area (Å²) in [4.78, 5) is 122. The number of unbranched alkanes of at least 4 members (excludes halogenated alkanes) is 1. The maximum atomic E-state index is 11.1. The maximum Gasteiger partial charge on any atom is 0.246 e. The van der Waals surface area contributed by atoms with Crippen LogP contribution in [0.5, 0.6) is 0 Å². The van der Waals surface area contributed by atoms with Gasteiger partial charge >= 0.3 is 0 Å². The van der Waals surface area contributed by atoms with Crippen molar-refractivity contribution in [2.45, 2.75) is 162 Å². The van der Waals surface area contributed by atoms with Crippen molar-refractivity contribution in [3.8, 4) is 0 Å². The average molecular weight is 1540 g/mol. The zero-order valence-electron chi connectivity index (χ0n) is 69.1. The first kappa shape index (κ1) is 109. The van der Waals surface area contributed by atoms with Crippen molar-refractivity contribution in [1.82, 2.24) is 82.2 Å². The van der Waals surface area contributed by atoms with Crippen LogP contribution in [0.15, 0.2) is 127 Å². The summed E-state index contributed by atoms with van der Waals surface area (Å²) in [6, 6.07) is 0. The molecular formula is C82H150N16O11. The van der Waals surface area contributed by atoms with Gasteiger partial charge in [0.15, 0.2) is 0 Å².